The van der Waals surface area contributed by atoms with Gasteiger partial charge in [0, 0.05) is 20.8 Å². The number of hydrogen-bond acceptors (Lipinski definition) is 39. The molecule has 0 saturated carbocycles. The van der Waals surface area contributed by atoms with Crippen LogP contribution in [0.1, 0.15) is 27.7 Å². The minimum Gasteiger partial charge on any atom is -0.394 e. The van der Waals surface area contributed by atoms with Gasteiger partial charge in [0.15, 0.2) is 50.3 Å². The number of hydrogen-bond donors (Lipinski definition) is 24. The molecule has 95 heavy (non-hydrogen) atoms. The summed E-state index contributed by atoms with van der Waals surface area (Å²) >= 11 is 0. The number of amides is 3. The number of aliphatic hydroxyl groups is 21. The molecule has 3 amide bonds. The minimum atomic E-state index is -2.40. The van der Waals surface area contributed by atoms with Gasteiger partial charge >= 0.3 is 0 Å². The second-order valence-electron chi connectivity index (χ2n) is 24.2. The summed E-state index contributed by atoms with van der Waals surface area (Å²) in [6, 6.07) is -5.47. The van der Waals surface area contributed by atoms with Crippen molar-refractivity contribution < 1.29 is 193 Å². The van der Waals surface area contributed by atoms with E-state index in [2.05, 4.69) is 16.0 Å². The van der Waals surface area contributed by atoms with Crippen molar-refractivity contribution in [3.63, 3.8) is 0 Å². The highest BCUT2D eigenvalue weighted by molar-refractivity contribution is 5.74. The molecule has 39 atom stereocenters. The van der Waals surface area contributed by atoms with E-state index in [0.717, 1.165) is 20.8 Å². The zero-order valence-electron chi connectivity index (χ0n) is 51.2. The lowest BCUT2D eigenvalue weighted by atomic mass is 9.93. The third-order valence-electron chi connectivity index (χ3n) is 17.4. The van der Waals surface area contributed by atoms with Crippen LogP contribution in [0, 0.1) is 0 Å². The molecule has 24 N–H and O–H groups in total. The van der Waals surface area contributed by atoms with Crippen LogP contribution in [0.2, 0.25) is 0 Å². The normalized spacial score (nSPS) is 49.9. The zero-order valence-corrected chi connectivity index (χ0v) is 51.2. The molecule has 8 aliphatic rings. The number of carbonyl (C=O) groups excluding carboxylic acids is 3. The number of aliphatic hydroxyl groups excluding tert-OH is 21. The Balaban J connectivity index is 1.20. The van der Waals surface area contributed by atoms with Crippen LogP contribution < -0.4 is 16.0 Å². The molecular formula is C53H89N3O39. The molecule has 0 aliphatic carbocycles. The SMILES string of the molecule is CC(=O)N[C@@H]1[C@@H](O[C@H]2O[C@H](C)[C@H](O)[C@H](O)[C@H]2O)[C@H](O[C@@H]2O[C@H](CO)[C@@H](O[C@@H]3O[C@H](CO[C@H]4O[C@H](CO)[C@@H](O)[C@H](O)[C@@H]4O)[C@@H](O)[C@H](O[C@H]4O[C@H](CO)[C@@H](O)[C@H](O)[C@@H]4O[C@@H]4O[C@H](CO)[C@@H](O)[C@H](O)[C@H]4NC(C)=O)[C@@H]3O[C@@H]3OC[C@@H](O)[C@H](O)[C@H]3O)[C@H](O)[C@H]2NC(C)=O)[C@@H](CO)O[C@H]1O. The van der Waals surface area contributed by atoms with Gasteiger partial charge in [0.05, 0.1) is 52.4 Å². The van der Waals surface area contributed by atoms with Crippen molar-refractivity contribution >= 4 is 17.7 Å². The van der Waals surface area contributed by atoms with Gasteiger partial charge in [-0.15, -0.1) is 0 Å². The molecular weight excluding hydrogens is 1300 g/mol. The monoisotopic (exact) mass is 1390 g/mol. The first kappa shape index (κ1) is 77.7. The molecule has 8 rings (SSSR count). The maximum Gasteiger partial charge on any atom is 0.217 e. The van der Waals surface area contributed by atoms with Gasteiger partial charge in [-0.3, -0.25) is 14.4 Å². The minimum absolute atomic E-state index is 0.790. The maximum atomic E-state index is 13.2. The topological polar surface area (TPSA) is 651 Å². The molecule has 0 spiro atoms. The summed E-state index contributed by atoms with van der Waals surface area (Å²) in [5.41, 5.74) is 0. The van der Waals surface area contributed by atoms with Crippen LogP contribution in [0.3, 0.4) is 0 Å². The molecule has 8 saturated heterocycles. The molecule has 42 heteroatoms. The highest BCUT2D eigenvalue weighted by Gasteiger charge is 2.60. The molecule has 8 fully saturated rings. The quantitative estimate of drug-likeness (QED) is 0.0452. The van der Waals surface area contributed by atoms with Crippen molar-refractivity contribution in [2.45, 2.75) is 267 Å². The van der Waals surface area contributed by atoms with Crippen LogP contribution in [0.15, 0.2) is 0 Å². The largest absolute Gasteiger partial charge is 0.394 e. The Labute approximate surface area is 538 Å². The Bertz CT molecular complexity index is 2440. The first-order valence-electron chi connectivity index (χ1n) is 30.4. The Morgan fingerprint density at radius 2 is 0.747 bits per heavy atom. The van der Waals surface area contributed by atoms with Crippen LogP contribution in [0.25, 0.3) is 0 Å². The fourth-order valence-electron chi connectivity index (χ4n) is 12.2. The van der Waals surface area contributed by atoms with E-state index >= 15 is 0 Å². The molecule has 0 aromatic carbocycles. The maximum absolute atomic E-state index is 13.2. The predicted molar refractivity (Wildman–Crippen MR) is 292 cm³/mol. The van der Waals surface area contributed by atoms with E-state index < -0.39 is 303 Å². The molecule has 0 aromatic rings. The average molecular weight is 1390 g/mol. The van der Waals surface area contributed by atoms with Gasteiger partial charge in [-0.05, 0) is 6.92 Å². The van der Waals surface area contributed by atoms with Crippen molar-refractivity contribution in [3.05, 3.63) is 0 Å². The number of rotatable bonds is 23. The highest BCUT2D eigenvalue weighted by atomic mass is 16.8. The molecule has 42 nitrogen and oxygen atoms in total. The van der Waals surface area contributed by atoms with Gasteiger partial charge in [-0.1, -0.05) is 0 Å². The van der Waals surface area contributed by atoms with Crippen LogP contribution in [-0.4, -0.2) is 411 Å². The first-order chi connectivity index (χ1) is 44.9. The summed E-state index contributed by atoms with van der Waals surface area (Å²) in [5, 5.41) is 238. The molecule has 550 valence electrons. The Morgan fingerprint density at radius 1 is 0.337 bits per heavy atom. The van der Waals surface area contributed by atoms with E-state index in [1.807, 2.05) is 0 Å². The van der Waals surface area contributed by atoms with E-state index in [4.69, 9.17) is 71.1 Å². The van der Waals surface area contributed by atoms with Crippen LogP contribution in [-0.2, 0) is 85.4 Å². The van der Waals surface area contributed by atoms with Crippen molar-refractivity contribution in [1.29, 1.82) is 0 Å². The first-order valence-corrected chi connectivity index (χ1v) is 30.4. The third kappa shape index (κ3) is 17.1. The predicted octanol–water partition coefficient (Wildman–Crippen LogP) is -16.4. The van der Waals surface area contributed by atoms with E-state index in [-0.39, 0.29) is 0 Å². The van der Waals surface area contributed by atoms with E-state index in [1.54, 1.807) is 0 Å². The number of nitrogens with one attached hydrogen (secondary N) is 3. The van der Waals surface area contributed by atoms with Crippen molar-refractivity contribution in [3.8, 4) is 0 Å². The highest BCUT2D eigenvalue weighted by Crippen LogP contribution is 2.40. The second-order valence-corrected chi connectivity index (χ2v) is 24.2. The lowest BCUT2D eigenvalue weighted by Crippen LogP contribution is -2.71. The number of carbonyl (C=O) groups is 3. The van der Waals surface area contributed by atoms with Gasteiger partial charge < -0.3 is 194 Å². The van der Waals surface area contributed by atoms with Gasteiger partial charge in [0.2, 0.25) is 17.7 Å². The smallest absolute Gasteiger partial charge is 0.217 e. The molecule has 8 aliphatic heterocycles. The summed E-state index contributed by atoms with van der Waals surface area (Å²) in [6.45, 7) is -2.96. The van der Waals surface area contributed by atoms with E-state index in [9.17, 15) is 122 Å². The second kappa shape index (κ2) is 33.6. The van der Waals surface area contributed by atoms with Gasteiger partial charge in [-0.2, -0.15) is 0 Å². The summed E-state index contributed by atoms with van der Waals surface area (Å²) < 4.78 is 89.8. The fraction of sp³-hybridized carbons (Fsp3) is 0.943. The van der Waals surface area contributed by atoms with Crippen molar-refractivity contribution in [2.24, 2.45) is 0 Å². The Hall–Kier alpha value is -3.03. The summed E-state index contributed by atoms with van der Waals surface area (Å²) in [4.78, 5) is 38.3. The third-order valence-corrected chi connectivity index (χ3v) is 17.4. The standard InChI is InChI=1S/C53H89N3O39/c1-12-26(66)34(74)39(79)51(83-12)92-42-25(56-15(4)64)46(80)84-21(9-61)41(42)91-48-24(55-14(3)63)33(73)40(20(8-60)88-48)90-53-45(95-50-37(77)27(67)16(65)10-81-50)43(31(71)22(89-53)11-82-49-38(78)35(75)29(69)18(6-58)86-49)93-52-44(36(76)30(70)19(7-59)87-52)94-47-23(54-13(2)62)32(72)28(68)17(5-57)85-47/h12,16-53,57-61,65-80H,5-11H2,1-4H3,(H,54,62)(H,55,63)(H,56,64)/t12-,16-,17-,18-,19-,20-,21-,22-,23-,24-,25-,26+,27+,28-,29-,30-,31-,32-,33-,34+,35+,36+,37-,38+,39-,40-,41-,42-,43+,44+,45+,46-,47+,48+,49+,50+,51-,52-,53+/m1/s1. The lowest BCUT2D eigenvalue weighted by molar-refractivity contribution is -0.411. The summed E-state index contributed by atoms with van der Waals surface area (Å²) in [7, 11) is 0. The fourth-order valence-corrected chi connectivity index (χ4v) is 12.2. The Kier molecular flexibility index (Phi) is 27.5. The van der Waals surface area contributed by atoms with Crippen LogP contribution >= 0.6 is 0 Å². The summed E-state index contributed by atoms with van der Waals surface area (Å²) in [6.07, 6.45) is -72.7. The average Bonchev–Trinajstić information content (AvgIpc) is 0.772. The molecule has 0 aromatic heterocycles. The van der Waals surface area contributed by atoms with Gasteiger partial charge in [0.25, 0.3) is 0 Å². The molecule has 8 heterocycles. The Morgan fingerprint density at radius 3 is 1.33 bits per heavy atom. The lowest BCUT2D eigenvalue weighted by Gasteiger charge is -2.52. The van der Waals surface area contributed by atoms with E-state index in [0.29, 0.717) is 0 Å². The number of ether oxygens (including phenoxy) is 15. The van der Waals surface area contributed by atoms with Gasteiger partial charge in [0.1, 0.15) is 183 Å². The zero-order chi connectivity index (χ0) is 69.9. The van der Waals surface area contributed by atoms with E-state index in [1.165, 1.54) is 6.92 Å². The molecule has 0 radical (unpaired) electrons. The summed E-state index contributed by atoms with van der Waals surface area (Å²) in [5.74, 6) is -2.64. The van der Waals surface area contributed by atoms with Crippen LogP contribution in [0.4, 0.5) is 0 Å². The van der Waals surface area contributed by atoms with Crippen molar-refractivity contribution in [1.82, 2.24) is 16.0 Å². The van der Waals surface area contributed by atoms with Gasteiger partial charge in [-0.25, -0.2) is 0 Å². The van der Waals surface area contributed by atoms with Crippen molar-refractivity contribution in [2.75, 3.05) is 46.2 Å². The molecule has 0 unspecified atom stereocenters. The van der Waals surface area contributed by atoms with Crippen LogP contribution in [0.5, 0.6) is 0 Å². The molecule has 0 bridgehead atoms.